The first kappa shape index (κ1) is 17.8. The van der Waals surface area contributed by atoms with E-state index in [2.05, 4.69) is 15.4 Å². The fourth-order valence-corrected chi connectivity index (χ4v) is 3.22. The van der Waals surface area contributed by atoms with E-state index in [0.717, 1.165) is 6.20 Å². The zero-order valence-corrected chi connectivity index (χ0v) is 14.8. The second-order valence-electron chi connectivity index (χ2n) is 6.30. The van der Waals surface area contributed by atoms with Gasteiger partial charge in [-0.2, -0.15) is 5.10 Å². The number of fused-ring (bicyclic) bond motifs is 3. The Morgan fingerprint density at radius 1 is 1.18 bits per heavy atom. The van der Waals surface area contributed by atoms with E-state index in [1.807, 2.05) is 0 Å². The highest BCUT2D eigenvalue weighted by molar-refractivity contribution is 6.03. The molecule has 3 heterocycles. The van der Waals surface area contributed by atoms with E-state index in [0.29, 0.717) is 21.8 Å². The third-order valence-electron chi connectivity index (χ3n) is 4.53. The molecule has 0 spiro atoms. The molecule has 0 bridgehead atoms. The van der Waals surface area contributed by atoms with Gasteiger partial charge in [0.1, 0.15) is 5.82 Å². The maximum atomic E-state index is 13.8. The summed E-state index contributed by atoms with van der Waals surface area (Å²) in [6, 6.07) is 5.48. The van der Waals surface area contributed by atoms with Gasteiger partial charge in [0.05, 0.1) is 34.5 Å². The average Bonchev–Trinajstić information content (AvgIpc) is 3.05. The molecule has 7 nitrogen and oxygen atoms in total. The highest BCUT2D eigenvalue weighted by atomic mass is 19.1. The van der Waals surface area contributed by atoms with Gasteiger partial charge in [0.25, 0.3) is 5.56 Å². The van der Waals surface area contributed by atoms with Crippen LogP contribution in [0.3, 0.4) is 0 Å². The number of rotatable bonds is 4. The molecule has 142 valence electrons. The van der Waals surface area contributed by atoms with E-state index >= 15 is 0 Å². The van der Waals surface area contributed by atoms with Crippen molar-refractivity contribution in [1.82, 2.24) is 19.3 Å². The number of carbonyl (C=O) groups excluding carboxylic acids is 1. The van der Waals surface area contributed by atoms with Crippen LogP contribution in [-0.4, -0.2) is 25.2 Å². The fraction of sp³-hybridized carbons (Fsp3) is 0.158. The van der Waals surface area contributed by atoms with Crippen molar-refractivity contribution in [3.05, 3.63) is 64.8 Å². The van der Waals surface area contributed by atoms with Gasteiger partial charge in [-0.1, -0.05) is 0 Å². The summed E-state index contributed by atoms with van der Waals surface area (Å²) in [6.45, 7) is 0.00214. The Labute approximate surface area is 157 Å². The Kier molecular flexibility index (Phi) is 4.34. The summed E-state index contributed by atoms with van der Waals surface area (Å²) in [5.41, 5.74) is 0.596. The van der Waals surface area contributed by atoms with Gasteiger partial charge >= 0.3 is 0 Å². The van der Waals surface area contributed by atoms with Crippen molar-refractivity contribution in [1.29, 1.82) is 0 Å². The highest BCUT2D eigenvalue weighted by Crippen LogP contribution is 2.23. The van der Waals surface area contributed by atoms with Crippen molar-refractivity contribution >= 4 is 33.4 Å². The molecule has 0 unspecified atom stereocenters. The van der Waals surface area contributed by atoms with Gasteiger partial charge in [-0.05, 0) is 24.3 Å². The molecule has 0 saturated heterocycles. The number of nitrogens with zero attached hydrogens (tertiary/aromatic N) is 4. The number of aromatic nitrogens is 4. The molecule has 0 aliphatic rings. The monoisotopic (exact) mass is 383 g/mol. The Morgan fingerprint density at radius 2 is 2.00 bits per heavy atom. The molecule has 1 aromatic carbocycles. The molecule has 1 N–H and O–H groups in total. The molecule has 28 heavy (non-hydrogen) atoms. The third kappa shape index (κ3) is 3.00. The molecule has 4 aromatic rings. The summed E-state index contributed by atoms with van der Waals surface area (Å²) in [4.78, 5) is 28.7. The van der Waals surface area contributed by atoms with Gasteiger partial charge in [-0.3, -0.25) is 19.3 Å². The normalized spacial score (nSPS) is 11.2. The Balaban J connectivity index is 1.71. The summed E-state index contributed by atoms with van der Waals surface area (Å²) >= 11 is 0. The summed E-state index contributed by atoms with van der Waals surface area (Å²) in [7, 11) is 1.70. The topological polar surface area (TPSA) is 81.8 Å². The van der Waals surface area contributed by atoms with Crippen LogP contribution in [-0.2, 0) is 18.4 Å². The maximum Gasteiger partial charge on any atom is 0.262 e. The SMILES string of the molecule is Cn1ncc2c(=O)n(CCC(=O)Nc3ccncc3F)c3cc(F)ccc3c21. The average molecular weight is 383 g/mol. The van der Waals surface area contributed by atoms with Crippen molar-refractivity contribution in [2.75, 3.05) is 5.32 Å². The molecule has 0 radical (unpaired) electrons. The van der Waals surface area contributed by atoms with Gasteiger partial charge in [-0.25, -0.2) is 8.78 Å². The molecule has 9 heteroatoms. The van der Waals surface area contributed by atoms with Crippen LogP contribution in [0.2, 0.25) is 0 Å². The standard InChI is InChI=1S/C19H15F2N5O2/c1-25-18-12-3-2-11(20)8-16(12)26(19(28)13(18)9-23-25)7-5-17(27)24-15-4-6-22-10-14(15)21/h2-4,6,8-10H,5,7H2,1H3,(H,22,24,27). The van der Waals surface area contributed by atoms with E-state index in [4.69, 9.17) is 0 Å². The number of halogens is 2. The van der Waals surface area contributed by atoms with Gasteiger partial charge < -0.3 is 9.88 Å². The molecule has 0 saturated carbocycles. The van der Waals surface area contributed by atoms with Crippen LogP contribution >= 0.6 is 0 Å². The minimum absolute atomic E-state index is 0.00214. The third-order valence-corrected chi connectivity index (χ3v) is 4.53. The quantitative estimate of drug-likeness (QED) is 0.587. The summed E-state index contributed by atoms with van der Waals surface area (Å²) in [5.74, 6) is -1.63. The number of benzene rings is 1. The number of amides is 1. The molecular weight excluding hydrogens is 368 g/mol. The number of hydrogen-bond donors (Lipinski definition) is 1. The van der Waals surface area contributed by atoms with E-state index in [1.165, 1.54) is 35.2 Å². The van der Waals surface area contributed by atoms with Gasteiger partial charge in [0.2, 0.25) is 5.91 Å². The zero-order valence-electron chi connectivity index (χ0n) is 14.8. The lowest BCUT2D eigenvalue weighted by molar-refractivity contribution is -0.116. The Morgan fingerprint density at radius 3 is 2.79 bits per heavy atom. The first-order valence-electron chi connectivity index (χ1n) is 8.49. The van der Waals surface area contributed by atoms with Gasteiger partial charge in [0, 0.05) is 31.6 Å². The second kappa shape index (κ2) is 6.84. The number of aryl methyl sites for hydroxylation is 2. The van der Waals surface area contributed by atoms with E-state index < -0.39 is 17.5 Å². The van der Waals surface area contributed by atoms with Crippen LogP contribution in [0.5, 0.6) is 0 Å². The second-order valence-corrected chi connectivity index (χ2v) is 6.30. The molecule has 0 aliphatic carbocycles. The van der Waals surface area contributed by atoms with E-state index in [-0.39, 0.29) is 24.2 Å². The predicted molar refractivity (Wildman–Crippen MR) is 99.9 cm³/mol. The lowest BCUT2D eigenvalue weighted by Crippen LogP contribution is -2.24. The number of hydrogen-bond acceptors (Lipinski definition) is 4. The van der Waals surface area contributed by atoms with Gasteiger partial charge in [-0.15, -0.1) is 0 Å². The fourth-order valence-electron chi connectivity index (χ4n) is 3.22. The van der Waals surface area contributed by atoms with Crippen molar-refractivity contribution in [3.63, 3.8) is 0 Å². The summed E-state index contributed by atoms with van der Waals surface area (Å²) in [5, 5.41) is 7.58. The molecule has 0 aliphatic heterocycles. The van der Waals surface area contributed by atoms with Crippen LogP contribution in [0, 0.1) is 11.6 Å². The van der Waals surface area contributed by atoms with Gasteiger partial charge in [0.15, 0.2) is 5.82 Å². The van der Waals surface area contributed by atoms with Crippen LogP contribution in [0.4, 0.5) is 14.5 Å². The number of carbonyl (C=O) groups is 1. The van der Waals surface area contributed by atoms with Crippen LogP contribution in [0.15, 0.2) is 47.7 Å². The maximum absolute atomic E-state index is 13.8. The Hall–Kier alpha value is -3.62. The van der Waals surface area contributed by atoms with Crippen LogP contribution in [0.25, 0.3) is 21.8 Å². The predicted octanol–water partition coefficient (Wildman–Crippen LogP) is 2.59. The van der Waals surface area contributed by atoms with Crippen molar-refractivity contribution < 1.29 is 13.6 Å². The van der Waals surface area contributed by atoms with Crippen molar-refractivity contribution in [2.24, 2.45) is 7.05 Å². The summed E-state index contributed by atoms with van der Waals surface area (Å²) in [6.07, 6.45) is 3.70. The molecule has 0 atom stereocenters. The summed E-state index contributed by atoms with van der Waals surface area (Å²) < 4.78 is 30.4. The van der Waals surface area contributed by atoms with E-state index in [1.54, 1.807) is 17.8 Å². The smallest absolute Gasteiger partial charge is 0.262 e. The minimum Gasteiger partial charge on any atom is -0.323 e. The largest absolute Gasteiger partial charge is 0.323 e. The molecular formula is C19H15F2N5O2. The number of pyridine rings is 2. The van der Waals surface area contributed by atoms with Crippen LogP contribution in [0.1, 0.15) is 6.42 Å². The highest BCUT2D eigenvalue weighted by Gasteiger charge is 2.16. The first-order valence-corrected chi connectivity index (χ1v) is 8.49. The number of nitrogens with one attached hydrogen (secondary N) is 1. The number of anilines is 1. The Bertz CT molecular complexity index is 1280. The lowest BCUT2D eigenvalue weighted by Gasteiger charge is -2.12. The van der Waals surface area contributed by atoms with E-state index in [9.17, 15) is 18.4 Å². The van der Waals surface area contributed by atoms with Crippen LogP contribution < -0.4 is 10.9 Å². The first-order chi connectivity index (χ1) is 13.5. The van der Waals surface area contributed by atoms with Crippen molar-refractivity contribution in [2.45, 2.75) is 13.0 Å². The molecule has 4 rings (SSSR count). The zero-order chi connectivity index (χ0) is 19.8. The molecule has 0 fully saturated rings. The molecule has 1 amide bonds. The van der Waals surface area contributed by atoms with Crippen molar-refractivity contribution in [3.8, 4) is 0 Å². The molecule has 3 aromatic heterocycles. The minimum atomic E-state index is -0.655. The lowest BCUT2D eigenvalue weighted by atomic mass is 10.1.